The molecule has 20 heavy (non-hydrogen) atoms. The van der Waals surface area contributed by atoms with Crippen molar-refractivity contribution >= 4 is 34.8 Å². The Hall–Kier alpha value is 0.0500. The first-order valence-electron chi connectivity index (χ1n) is 7.26. The van der Waals surface area contributed by atoms with Crippen molar-refractivity contribution in [3.8, 4) is 0 Å². The minimum atomic E-state index is -1.72. The number of hydrogen-bond donors (Lipinski definition) is 1. The van der Waals surface area contributed by atoms with Crippen molar-refractivity contribution in [3.05, 3.63) is 35.9 Å². The van der Waals surface area contributed by atoms with Crippen molar-refractivity contribution in [3.63, 3.8) is 0 Å². The van der Waals surface area contributed by atoms with Crippen LogP contribution in [0.1, 0.15) is 57.4 Å². The summed E-state index contributed by atoms with van der Waals surface area (Å²) in [5.74, 6) is 0. The zero-order valence-corrected chi connectivity index (χ0v) is 14.2. The van der Waals surface area contributed by atoms with Gasteiger partial charge >= 0.3 is 0 Å². The highest BCUT2D eigenvalue weighted by molar-refractivity contribution is 6.68. The van der Waals surface area contributed by atoms with Gasteiger partial charge in [-0.2, -0.15) is 0 Å². The SMILES string of the molecule is CCCCCCCCC(O)(c1ccccc1)C(Cl)(Cl)Cl. The van der Waals surface area contributed by atoms with E-state index in [9.17, 15) is 5.11 Å². The fourth-order valence-corrected chi connectivity index (χ4v) is 2.94. The second kappa shape index (κ2) is 8.48. The second-order valence-electron chi connectivity index (χ2n) is 5.24. The molecule has 0 aliphatic rings. The Morgan fingerprint density at radius 1 is 0.900 bits per heavy atom. The molecule has 0 bridgehead atoms. The lowest BCUT2D eigenvalue weighted by molar-refractivity contribution is 0.0285. The van der Waals surface area contributed by atoms with Crippen molar-refractivity contribution in [1.82, 2.24) is 0 Å². The first-order chi connectivity index (χ1) is 9.42. The lowest BCUT2D eigenvalue weighted by Crippen LogP contribution is -2.39. The fourth-order valence-electron chi connectivity index (χ4n) is 2.32. The number of aliphatic hydroxyl groups is 1. The summed E-state index contributed by atoms with van der Waals surface area (Å²) in [4.78, 5) is 0. The molecule has 0 aromatic heterocycles. The van der Waals surface area contributed by atoms with Crippen LogP contribution in [0.5, 0.6) is 0 Å². The molecule has 0 saturated carbocycles. The first kappa shape index (κ1) is 18.1. The lowest BCUT2D eigenvalue weighted by atomic mass is 9.89. The van der Waals surface area contributed by atoms with Crippen LogP contribution >= 0.6 is 34.8 Å². The van der Waals surface area contributed by atoms with Crippen LogP contribution in [-0.4, -0.2) is 8.90 Å². The standard InChI is InChI=1S/C16H23Cl3O/c1-2-3-4-5-6-10-13-15(20,16(17,18)19)14-11-8-7-9-12-14/h7-9,11-12,20H,2-6,10,13H2,1H3. The van der Waals surface area contributed by atoms with E-state index in [2.05, 4.69) is 6.92 Å². The van der Waals surface area contributed by atoms with Gasteiger partial charge in [0, 0.05) is 0 Å². The molecule has 0 aliphatic carbocycles. The van der Waals surface area contributed by atoms with E-state index >= 15 is 0 Å². The molecule has 0 spiro atoms. The van der Waals surface area contributed by atoms with E-state index < -0.39 is 9.39 Å². The summed E-state index contributed by atoms with van der Waals surface area (Å²) in [6.45, 7) is 2.19. The average Bonchev–Trinajstić information content (AvgIpc) is 2.42. The maximum absolute atomic E-state index is 10.8. The molecule has 1 unspecified atom stereocenters. The summed E-state index contributed by atoms with van der Waals surface area (Å²) >= 11 is 18.1. The van der Waals surface area contributed by atoms with Gasteiger partial charge in [0.25, 0.3) is 0 Å². The molecule has 0 aliphatic heterocycles. The van der Waals surface area contributed by atoms with E-state index in [-0.39, 0.29) is 0 Å². The van der Waals surface area contributed by atoms with Crippen molar-refractivity contribution < 1.29 is 5.11 Å². The third-order valence-corrected chi connectivity index (χ3v) is 4.55. The molecule has 0 fully saturated rings. The quantitative estimate of drug-likeness (QED) is 0.456. The van der Waals surface area contributed by atoms with Crippen LogP contribution in [0.15, 0.2) is 30.3 Å². The van der Waals surface area contributed by atoms with Crippen molar-refractivity contribution in [2.24, 2.45) is 0 Å². The highest BCUT2D eigenvalue weighted by Gasteiger charge is 2.47. The molecule has 0 radical (unpaired) electrons. The number of halogens is 3. The maximum atomic E-state index is 10.8. The van der Waals surface area contributed by atoms with E-state index in [1.807, 2.05) is 18.2 Å². The molecular formula is C16H23Cl3O. The maximum Gasteiger partial charge on any atom is 0.222 e. The molecule has 1 aromatic carbocycles. The summed E-state index contributed by atoms with van der Waals surface area (Å²) in [6.07, 6.45) is 7.24. The van der Waals surface area contributed by atoms with Gasteiger partial charge in [-0.25, -0.2) is 0 Å². The van der Waals surface area contributed by atoms with Crippen LogP contribution in [0.4, 0.5) is 0 Å². The number of alkyl halides is 3. The van der Waals surface area contributed by atoms with Crippen LogP contribution in [0.3, 0.4) is 0 Å². The number of benzene rings is 1. The predicted octanol–water partition coefficient (Wildman–Crippen LogP) is 6.00. The summed E-state index contributed by atoms with van der Waals surface area (Å²) in [5, 5.41) is 10.8. The molecule has 1 nitrogen and oxygen atoms in total. The summed E-state index contributed by atoms with van der Waals surface area (Å²) in [6, 6.07) is 9.18. The van der Waals surface area contributed by atoms with E-state index in [0.29, 0.717) is 12.0 Å². The summed E-state index contributed by atoms with van der Waals surface area (Å²) < 4.78 is -1.72. The highest BCUT2D eigenvalue weighted by Crippen LogP contribution is 2.47. The van der Waals surface area contributed by atoms with Gasteiger partial charge in [0.1, 0.15) is 5.60 Å². The summed E-state index contributed by atoms with van der Waals surface area (Å²) in [5.41, 5.74) is -0.766. The predicted molar refractivity (Wildman–Crippen MR) is 88.6 cm³/mol. The van der Waals surface area contributed by atoms with Gasteiger partial charge in [-0.3, -0.25) is 0 Å². The van der Waals surface area contributed by atoms with Crippen LogP contribution in [0, 0.1) is 0 Å². The third-order valence-electron chi connectivity index (χ3n) is 3.61. The van der Waals surface area contributed by atoms with Gasteiger partial charge in [-0.1, -0.05) is 111 Å². The molecule has 114 valence electrons. The average molecular weight is 338 g/mol. The minimum Gasteiger partial charge on any atom is -0.381 e. The van der Waals surface area contributed by atoms with Crippen LogP contribution < -0.4 is 0 Å². The first-order valence-corrected chi connectivity index (χ1v) is 8.40. The fraction of sp³-hybridized carbons (Fsp3) is 0.625. The normalized spacial score (nSPS) is 15.1. The molecule has 1 aromatic rings. The van der Waals surface area contributed by atoms with Gasteiger partial charge in [-0.05, 0) is 12.0 Å². The molecule has 4 heteroatoms. The Balaban J connectivity index is 2.62. The van der Waals surface area contributed by atoms with E-state index in [1.54, 1.807) is 12.1 Å². The third kappa shape index (κ3) is 5.11. The molecule has 1 atom stereocenters. The minimum absolute atomic E-state index is 0.458. The number of unbranched alkanes of at least 4 members (excludes halogenated alkanes) is 5. The van der Waals surface area contributed by atoms with Gasteiger partial charge in [0.05, 0.1) is 0 Å². The largest absolute Gasteiger partial charge is 0.381 e. The van der Waals surface area contributed by atoms with Gasteiger partial charge in [-0.15, -0.1) is 0 Å². The van der Waals surface area contributed by atoms with Crippen molar-refractivity contribution in [2.75, 3.05) is 0 Å². The van der Waals surface area contributed by atoms with Gasteiger partial charge < -0.3 is 5.11 Å². The Kier molecular flexibility index (Phi) is 7.68. The smallest absolute Gasteiger partial charge is 0.222 e. The van der Waals surface area contributed by atoms with Crippen LogP contribution in [0.2, 0.25) is 0 Å². The van der Waals surface area contributed by atoms with E-state index in [4.69, 9.17) is 34.8 Å². The number of hydrogen-bond acceptors (Lipinski definition) is 1. The van der Waals surface area contributed by atoms with Crippen LogP contribution in [0.25, 0.3) is 0 Å². The van der Waals surface area contributed by atoms with Gasteiger partial charge in [0.2, 0.25) is 3.79 Å². The molecular weight excluding hydrogens is 315 g/mol. The second-order valence-corrected chi connectivity index (χ2v) is 7.52. The van der Waals surface area contributed by atoms with E-state index in [1.165, 1.54) is 25.7 Å². The zero-order chi connectivity index (χ0) is 15.1. The monoisotopic (exact) mass is 336 g/mol. The zero-order valence-electron chi connectivity index (χ0n) is 11.9. The van der Waals surface area contributed by atoms with Gasteiger partial charge in [0.15, 0.2) is 0 Å². The molecule has 0 saturated heterocycles. The lowest BCUT2D eigenvalue weighted by Gasteiger charge is -2.35. The Bertz CT molecular complexity index is 375. The topological polar surface area (TPSA) is 20.2 Å². The Morgan fingerprint density at radius 2 is 1.45 bits per heavy atom. The van der Waals surface area contributed by atoms with Crippen molar-refractivity contribution in [1.29, 1.82) is 0 Å². The molecule has 1 rings (SSSR count). The molecule has 0 heterocycles. The number of rotatable bonds is 8. The Labute approximate surface area is 137 Å². The highest BCUT2D eigenvalue weighted by atomic mass is 35.6. The van der Waals surface area contributed by atoms with E-state index in [0.717, 1.165) is 12.8 Å². The molecule has 1 N–H and O–H groups in total. The van der Waals surface area contributed by atoms with Crippen molar-refractivity contribution in [2.45, 2.75) is 61.3 Å². The Morgan fingerprint density at radius 3 is 2.00 bits per heavy atom. The van der Waals surface area contributed by atoms with Crippen LogP contribution in [-0.2, 0) is 5.60 Å². The summed E-state index contributed by atoms with van der Waals surface area (Å²) in [7, 11) is 0. The molecule has 0 amide bonds.